The number of methoxy groups -OCH3 is 1. The van der Waals surface area contributed by atoms with Gasteiger partial charge in [0.25, 0.3) is 0 Å². The highest BCUT2D eigenvalue weighted by Crippen LogP contribution is 2.25. The number of amides is 1. The maximum Gasteiger partial charge on any atom is 0.417 e. The topological polar surface area (TPSA) is 47.6 Å². The van der Waals surface area contributed by atoms with E-state index in [-0.39, 0.29) is 0 Å². The monoisotopic (exact) mass is 291 g/mol. The molecule has 0 aliphatic carbocycles. The van der Waals surface area contributed by atoms with E-state index in [1.807, 2.05) is 19.1 Å². The second kappa shape index (κ2) is 6.30. The number of carbonyl (C=O) groups is 1. The van der Waals surface area contributed by atoms with Crippen LogP contribution in [0.5, 0.6) is 11.5 Å². The molecular formula is C15H14ClNO3. The molecule has 104 valence electrons. The highest BCUT2D eigenvalue weighted by atomic mass is 35.5. The fourth-order valence-electron chi connectivity index (χ4n) is 1.66. The Kier molecular flexibility index (Phi) is 4.48. The van der Waals surface area contributed by atoms with Gasteiger partial charge < -0.3 is 9.47 Å². The fourth-order valence-corrected chi connectivity index (χ4v) is 1.79. The van der Waals surface area contributed by atoms with Crippen LogP contribution in [0, 0.1) is 6.92 Å². The van der Waals surface area contributed by atoms with Gasteiger partial charge in [0.1, 0.15) is 11.5 Å². The van der Waals surface area contributed by atoms with Crippen LogP contribution in [0.1, 0.15) is 5.56 Å². The van der Waals surface area contributed by atoms with Crippen LogP contribution in [0.3, 0.4) is 0 Å². The molecule has 0 heterocycles. The number of ether oxygens (including phenoxy) is 2. The molecule has 2 aromatic rings. The van der Waals surface area contributed by atoms with Crippen LogP contribution in [0.25, 0.3) is 0 Å². The molecule has 0 atom stereocenters. The third kappa shape index (κ3) is 3.65. The smallest absolute Gasteiger partial charge is 0.417 e. The van der Waals surface area contributed by atoms with E-state index in [0.717, 1.165) is 5.56 Å². The summed E-state index contributed by atoms with van der Waals surface area (Å²) in [5.74, 6) is 0.988. The van der Waals surface area contributed by atoms with Gasteiger partial charge in [0.2, 0.25) is 0 Å². The van der Waals surface area contributed by atoms with Gasteiger partial charge in [-0.05, 0) is 48.9 Å². The minimum absolute atomic E-state index is 0.415. The average Bonchev–Trinajstić information content (AvgIpc) is 2.41. The van der Waals surface area contributed by atoms with E-state index in [0.29, 0.717) is 22.2 Å². The van der Waals surface area contributed by atoms with Gasteiger partial charge in [-0.25, -0.2) is 4.79 Å². The van der Waals surface area contributed by atoms with Crippen molar-refractivity contribution in [3.8, 4) is 11.5 Å². The molecule has 0 bridgehead atoms. The van der Waals surface area contributed by atoms with Crippen molar-refractivity contribution >= 4 is 23.4 Å². The van der Waals surface area contributed by atoms with Crippen LogP contribution >= 0.6 is 11.6 Å². The summed E-state index contributed by atoms with van der Waals surface area (Å²) in [4.78, 5) is 11.8. The van der Waals surface area contributed by atoms with Crippen LogP contribution in [0.4, 0.5) is 10.5 Å². The lowest BCUT2D eigenvalue weighted by molar-refractivity contribution is 0.215. The number of anilines is 1. The first-order valence-corrected chi connectivity index (χ1v) is 6.35. The summed E-state index contributed by atoms with van der Waals surface area (Å²) in [7, 11) is 1.54. The molecule has 0 aromatic heterocycles. The van der Waals surface area contributed by atoms with Gasteiger partial charge in [-0.1, -0.05) is 17.7 Å². The van der Waals surface area contributed by atoms with Gasteiger partial charge in [0.15, 0.2) is 0 Å². The predicted molar refractivity (Wildman–Crippen MR) is 78.8 cm³/mol. The summed E-state index contributed by atoms with van der Waals surface area (Å²) in [5.41, 5.74) is 1.57. The Labute approximate surface area is 122 Å². The van der Waals surface area contributed by atoms with E-state index in [9.17, 15) is 4.79 Å². The minimum atomic E-state index is -0.587. The van der Waals surface area contributed by atoms with Crippen LogP contribution in [0.2, 0.25) is 5.02 Å². The first-order chi connectivity index (χ1) is 9.58. The quantitative estimate of drug-likeness (QED) is 0.919. The number of hydrogen-bond donors (Lipinski definition) is 1. The molecule has 5 heteroatoms. The molecule has 0 fully saturated rings. The molecule has 0 saturated carbocycles. The molecule has 0 aliphatic heterocycles. The highest BCUT2D eigenvalue weighted by molar-refractivity contribution is 6.30. The van der Waals surface area contributed by atoms with Crippen molar-refractivity contribution in [3.63, 3.8) is 0 Å². The molecule has 0 unspecified atom stereocenters. The summed E-state index contributed by atoms with van der Waals surface area (Å²) in [6, 6.07) is 12.0. The normalized spacial score (nSPS) is 9.95. The van der Waals surface area contributed by atoms with Gasteiger partial charge in [-0.2, -0.15) is 0 Å². The molecular weight excluding hydrogens is 278 g/mol. The van der Waals surface area contributed by atoms with Crippen molar-refractivity contribution in [1.29, 1.82) is 0 Å². The highest BCUT2D eigenvalue weighted by Gasteiger charge is 2.09. The number of benzene rings is 2. The summed E-state index contributed by atoms with van der Waals surface area (Å²) in [6.45, 7) is 1.93. The van der Waals surface area contributed by atoms with Gasteiger partial charge in [0, 0.05) is 5.02 Å². The zero-order valence-corrected chi connectivity index (χ0v) is 11.9. The molecule has 20 heavy (non-hydrogen) atoms. The average molecular weight is 292 g/mol. The Morgan fingerprint density at radius 2 is 1.85 bits per heavy atom. The Morgan fingerprint density at radius 1 is 1.15 bits per heavy atom. The van der Waals surface area contributed by atoms with E-state index in [1.165, 1.54) is 0 Å². The zero-order chi connectivity index (χ0) is 14.5. The Bertz CT molecular complexity index is 611. The summed E-state index contributed by atoms with van der Waals surface area (Å²) >= 11 is 5.76. The van der Waals surface area contributed by atoms with E-state index < -0.39 is 6.09 Å². The largest absolute Gasteiger partial charge is 0.495 e. The Hall–Kier alpha value is -2.20. The number of carbonyl (C=O) groups excluding carboxylic acids is 1. The molecule has 2 rings (SSSR count). The molecule has 2 aromatic carbocycles. The SMILES string of the molecule is COc1ccc(C)cc1NC(=O)Oc1ccc(Cl)cc1. The maximum atomic E-state index is 11.8. The number of nitrogens with one attached hydrogen (secondary N) is 1. The van der Waals surface area contributed by atoms with E-state index >= 15 is 0 Å². The minimum Gasteiger partial charge on any atom is -0.495 e. The van der Waals surface area contributed by atoms with Crippen LogP contribution in [-0.2, 0) is 0 Å². The molecule has 0 saturated heterocycles. The van der Waals surface area contributed by atoms with Crippen molar-refractivity contribution in [3.05, 3.63) is 53.1 Å². The standard InChI is InChI=1S/C15H14ClNO3/c1-10-3-8-14(19-2)13(9-10)17-15(18)20-12-6-4-11(16)5-7-12/h3-9H,1-2H3,(H,17,18). The lowest BCUT2D eigenvalue weighted by atomic mass is 10.2. The molecule has 0 radical (unpaired) electrons. The molecule has 1 amide bonds. The molecule has 0 aliphatic rings. The maximum absolute atomic E-state index is 11.8. The van der Waals surface area contributed by atoms with E-state index in [1.54, 1.807) is 37.4 Å². The summed E-state index contributed by atoms with van der Waals surface area (Å²) < 4.78 is 10.3. The lowest BCUT2D eigenvalue weighted by Gasteiger charge is -2.11. The second-order valence-corrected chi connectivity index (χ2v) is 4.61. The Morgan fingerprint density at radius 3 is 2.50 bits per heavy atom. The fraction of sp³-hybridized carbons (Fsp3) is 0.133. The zero-order valence-electron chi connectivity index (χ0n) is 11.1. The van der Waals surface area contributed by atoms with Crippen molar-refractivity contribution in [2.45, 2.75) is 6.92 Å². The van der Waals surface area contributed by atoms with Gasteiger partial charge in [-0.3, -0.25) is 5.32 Å². The van der Waals surface area contributed by atoms with Gasteiger partial charge in [0.05, 0.1) is 12.8 Å². The number of rotatable bonds is 3. The second-order valence-electron chi connectivity index (χ2n) is 4.17. The van der Waals surface area contributed by atoms with Crippen molar-refractivity contribution < 1.29 is 14.3 Å². The molecule has 1 N–H and O–H groups in total. The van der Waals surface area contributed by atoms with Gasteiger partial charge in [-0.15, -0.1) is 0 Å². The van der Waals surface area contributed by atoms with Crippen LogP contribution in [-0.4, -0.2) is 13.2 Å². The molecule has 4 nitrogen and oxygen atoms in total. The van der Waals surface area contributed by atoms with Crippen LogP contribution in [0.15, 0.2) is 42.5 Å². The first-order valence-electron chi connectivity index (χ1n) is 5.97. The summed E-state index contributed by atoms with van der Waals surface area (Å²) in [6.07, 6.45) is -0.587. The van der Waals surface area contributed by atoms with E-state index in [2.05, 4.69) is 5.32 Å². The third-order valence-electron chi connectivity index (χ3n) is 2.62. The van der Waals surface area contributed by atoms with Crippen LogP contribution < -0.4 is 14.8 Å². The number of halogens is 1. The van der Waals surface area contributed by atoms with Crippen molar-refractivity contribution in [1.82, 2.24) is 0 Å². The number of aryl methyl sites for hydroxylation is 1. The Balaban J connectivity index is 2.08. The number of hydrogen-bond acceptors (Lipinski definition) is 3. The predicted octanol–water partition coefficient (Wildman–Crippen LogP) is 4.27. The lowest BCUT2D eigenvalue weighted by Crippen LogP contribution is -2.17. The van der Waals surface area contributed by atoms with Gasteiger partial charge >= 0.3 is 6.09 Å². The molecule has 0 spiro atoms. The first kappa shape index (κ1) is 14.2. The third-order valence-corrected chi connectivity index (χ3v) is 2.87. The summed E-state index contributed by atoms with van der Waals surface area (Å²) in [5, 5.41) is 3.23. The van der Waals surface area contributed by atoms with Crippen molar-refractivity contribution in [2.75, 3.05) is 12.4 Å². The van der Waals surface area contributed by atoms with E-state index in [4.69, 9.17) is 21.1 Å². The van der Waals surface area contributed by atoms with Crippen molar-refractivity contribution in [2.24, 2.45) is 0 Å².